The number of esters is 1. The molecule has 1 aliphatic carbocycles. The van der Waals surface area contributed by atoms with Crippen molar-refractivity contribution < 1.29 is 9.53 Å². The molecule has 2 atom stereocenters. The smallest absolute Gasteiger partial charge is 0.333 e. The molecule has 1 aliphatic rings. The van der Waals surface area contributed by atoms with Crippen LogP contribution >= 0.6 is 0 Å². The van der Waals surface area contributed by atoms with Gasteiger partial charge in [0, 0.05) is 5.57 Å². The van der Waals surface area contributed by atoms with E-state index in [9.17, 15) is 4.79 Å². The highest BCUT2D eigenvalue weighted by atomic mass is 16.5. The van der Waals surface area contributed by atoms with Gasteiger partial charge in [-0.05, 0) is 37.0 Å². The van der Waals surface area contributed by atoms with Crippen LogP contribution in [-0.4, -0.2) is 12.1 Å². The van der Waals surface area contributed by atoms with E-state index in [2.05, 4.69) is 27.4 Å². The molecule has 0 spiro atoms. The molecule has 0 heterocycles. The number of carbonyl (C=O) groups is 1. The van der Waals surface area contributed by atoms with Gasteiger partial charge in [0.2, 0.25) is 0 Å². The van der Waals surface area contributed by atoms with E-state index < -0.39 is 0 Å². The van der Waals surface area contributed by atoms with Crippen molar-refractivity contribution in [3.63, 3.8) is 0 Å². The Morgan fingerprint density at radius 1 is 1.44 bits per heavy atom. The van der Waals surface area contributed by atoms with Crippen LogP contribution in [0.1, 0.15) is 53.4 Å². The monoisotopic (exact) mass is 224 g/mol. The second-order valence-electron chi connectivity index (χ2n) is 5.90. The minimum absolute atomic E-state index is 0.0783. The lowest BCUT2D eigenvalue weighted by Gasteiger charge is -2.38. The van der Waals surface area contributed by atoms with Gasteiger partial charge in [0.1, 0.15) is 6.10 Å². The van der Waals surface area contributed by atoms with Crippen molar-refractivity contribution in [1.82, 2.24) is 0 Å². The third-order valence-corrected chi connectivity index (χ3v) is 3.34. The molecule has 0 bridgehead atoms. The minimum atomic E-state index is -0.211. The number of carbonyl (C=O) groups excluding carboxylic acids is 1. The first-order chi connectivity index (χ1) is 7.34. The molecule has 1 fully saturated rings. The summed E-state index contributed by atoms with van der Waals surface area (Å²) in [7, 11) is 0. The number of ether oxygens (including phenoxy) is 1. The molecular weight excluding hydrogens is 200 g/mol. The molecule has 92 valence electrons. The average molecular weight is 224 g/mol. The third-order valence-electron chi connectivity index (χ3n) is 3.34. The van der Waals surface area contributed by atoms with Gasteiger partial charge in [-0.2, -0.15) is 0 Å². The summed E-state index contributed by atoms with van der Waals surface area (Å²) >= 11 is 0. The van der Waals surface area contributed by atoms with Crippen molar-refractivity contribution in [2.45, 2.75) is 59.5 Å². The predicted octanol–water partition coefficient (Wildman–Crippen LogP) is 3.71. The second kappa shape index (κ2) is 5.03. The van der Waals surface area contributed by atoms with Crippen LogP contribution in [0.3, 0.4) is 0 Å². The van der Waals surface area contributed by atoms with Crippen LogP contribution in [0.25, 0.3) is 0 Å². The molecule has 1 rings (SSSR count). The van der Waals surface area contributed by atoms with Gasteiger partial charge in [-0.25, -0.2) is 4.79 Å². The molecule has 0 aromatic carbocycles. The van der Waals surface area contributed by atoms with Crippen molar-refractivity contribution >= 4 is 5.97 Å². The van der Waals surface area contributed by atoms with Gasteiger partial charge in [-0.15, -0.1) is 0 Å². The maximum atomic E-state index is 11.6. The van der Waals surface area contributed by atoms with Gasteiger partial charge in [-0.3, -0.25) is 0 Å². The quantitative estimate of drug-likeness (QED) is 0.539. The molecule has 0 aliphatic heterocycles. The van der Waals surface area contributed by atoms with Gasteiger partial charge >= 0.3 is 5.97 Å². The topological polar surface area (TPSA) is 26.3 Å². The molecule has 16 heavy (non-hydrogen) atoms. The van der Waals surface area contributed by atoms with E-state index in [1.165, 1.54) is 6.42 Å². The Morgan fingerprint density at radius 3 is 2.56 bits per heavy atom. The largest absolute Gasteiger partial charge is 0.459 e. The lowest BCUT2D eigenvalue weighted by molar-refractivity contribution is -0.148. The first-order valence-corrected chi connectivity index (χ1v) is 6.23. The third kappa shape index (κ3) is 3.66. The van der Waals surface area contributed by atoms with Crippen LogP contribution in [0.15, 0.2) is 12.2 Å². The normalized spacial score (nSPS) is 28.5. The van der Waals surface area contributed by atoms with E-state index in [0.29, 0.717) is 17.9 Å². The maximum absolute atomic E-state index is 11.6. The van der Waals surface area contributed by atoms with E-state index >= 15 is 0 Å². The second-order valence-corrected chi connectivity index (χ2v) is 5.90. The molecule has 2 nitrogen and oxygen atoms in total. The molecule has 0 aromatic rings. The van der Waals surface area contributed by atoms with Crippen LogP contribution in [0, 0.1) is 11.3 Å². The van der Waals surface area contributed by atoms with Crippen LogP contribution in [0.5, 0.6) is 0 Å². The van der Waals surface area contributed by atoms with Gasteiger partial charge in [0.25, 0.3) is 0 Å². The van der Waals surface area contributed by atoms with Crippen molar-refractivity contribution in [2.24, 2.45) is 11.3 Å². The van der Waals surface area contributed by atoms with Crippen molar-refractivity contribution in [3.8, 4) is 0 Å². The number of hydrogen-bond donors (Lipinski definition) is 0. The highest BCUT2D eigenvalue weighted by Crippen LogP contribution is 2.39. The SMILES string of the molecule is C=C(CC)C(=O)OC1CC(C)CC(C)(C)C1. The van der Waals surface area contributed by atoms with E-state index in [1.807, 2.05) is 6.92 Å². The Labute approximate surface area is 99.1 Å². The zero-order valence-electron chi connectivity index (χ0n) is 11.0. The van der Waals surface area contributed by atoms with E-state index in [1.54, 1.807) is 0 Å². The van der Waals surface area contributed by atoms with E-state index in [0.717, 1.165) is 12.8 Å². The summed E-state index contributed by atoms with van der Waals surface area (Å²) in [5.41, 5.74) is 0.868. The van der Waals surface area contributed by atoms with Crippen LogP contribution in [-0.2, 0) is 9.53 Å². The molecule has 2 heteroatoms. The van der Waals surface area contributed by atoms with Crippen molar-refractivity contribution in [1.29, 1.82) is 0 Å². The summed E-state index contributed by atoms with van der Waals surface area (Å²) in [6.07, 6.45) is 3.93. The highest BCUT2D eigenvalue weighted by Gasteiger charge is 2.34. The minimum Gasteiger partial charge on any atom is -0.459 e. The predicted molar refractivity (Wildman–Crippen MR) is 66.1 cm³/mol. The molecule has 2 unspecified atom stereocenters. The molecule has 0 aromatic heterocycles. The average Bonchev–Trinajstić information content (AvgIpc) is 2.12. The molecule has 1 saturated carbocycles. The standard InChI is InChI=1S/C14H24O2/c1-6-11(3)13(15)16-12-7-10(2)8-14(4,5)9-12/h10,12H,3,6-9H2,1-2,4-5H3. The van der Waals surface area contributed by atoms with Crippen molar-refractivity contribution in [3.05, 3.63) is 12.2 Å². The number of rotatable bonds is 3. The summed E-state index contributed by atoms with van der Waals surface area (Å²) in [6.45, 7) is 12.4. The van der Waals surface area contributed by atoms with Gasteiger partial charge in [-0.1, -0.05) is 34.3 Å². The van der Waals surface area contributed by atoms with Crippen molar-refractivity contribution in [2.75, 3.05) is 0 Å². The van der Waals surface area contributed by atoms with Gasteiger partial charge in [0.15, 0.2) is 0 Å². The fourth-order valence-electron chi connectivity index (χ4n) is 2.73. The Hall–Kier alpha value is -0.790. The zero-order valence-corrected chi connectivity index (χ0v) is 11.0. The summed E-state index contributed by atoms with van der Waals surface area (Å²) in [5, 5.41) is 0. The Bertz CT molecular complexity index is 278. The lowest BCUT2D eigenvalue weighted by Crippen LogP contribution is -2.34. The summed E-state index contributed by atoms with van der Waals surface area (Å²) in [4.78, 5) is 11.6. The lowest BCUT2D eigenvalue weighted by atomic mass is 9.71. The molecule has 0 radical (unpaired) electrons. The summed E-state index contributed by atoms with van der Waals surface area (Å²) in [6, 6.07) is 0. The first-order valence-electron chi connectivity index (χ1n) is 6.23. The van der Waals surface area contributed by atoms with Crippen LogP contribution < -0.4 is 0 Å². The number of hydrogen-bond acceptors (Lipinski definition) is 2. The molecule has 0 N–H and O–H groups in total. The fraction of sp³-hybridized carbons (Fsp3) is 0.786. The molecular formula is C14H24O2. The van der Waals surface area contributed by atoms with Gasteiger partial charge < -0.3 is 4.74 Å². The van der Waals surface area contributed by atoms with Gasteiger partial charge in [0.05, 0.1) is 0 Å². The summed E-state index contributed by atoms with van der Waals surface area (Å²) < 4.78 is 5.51. The Balaban J connectivity index is 2.54. The first kappa shape index (κ1) is 13.3. The molecule has 0 saturated heterocycles. The van der Waals surface area contributed by atoms with E-state index in [4.69, 9.17) is 4.74 Å². The zero-order chi connectivity index (χ0) is 12.3. The fourth-order valence-corrected chi connectivity index (χ4v) is 2.73. The Morgan fingerprint density at radius 2 is 2.06 bits per heavy atom. The van der Waals surface area contributed by atoms with E-state index in [-0.39, 0.29) is 17.5 Å². The van der Waals surface area contributed by atoms with Crippen LogP contribution in [0.2, 0.25) is 0 Å². The maximum Gasteiger partial charge on any atom is 0.333 e. The Kier molecular flexibility index (Phi) is 4.17. The summed E-state index contributed by atoms with van der Waals surface area (Å²) in [5.74, 6) is 0.425. The molecule has 0 amide bonds. The van der Waals surface area contributed by atoms with Crippen LogP contribution in [0.4, 0.5) is 0 Å². The highest BCUT2D eigenvalue weighted by molar-refractivity contribution is 5.87.